The molecule has 0 bridgehead atoms. The molecular weight excluding hydrogens is 232 g/mol. The first-order valence-electron chi connectivity index (χ1n) is 6.60. The minimum absolute atomic E-state index is 0.241. The minimum atomic E-state index is 0.241. The Labute approximate surface area is 113 Å². The van der Waals surface area contributed by atoms with Gasteiger partial charge in [-0.25, -0.2) is 0 Å². The second-order valence-corrected chi connectivity index (χ2v) is 4.97. The summed E-state index contributed by atoms with van der Waals surface area (Å²) in [5.74, 6) is 0.241. The lowest BCUT2D eigenvalue weighted by Crippen LogP contribution is -2.07. The zero-order valence-electron chi connectivity index (χ0n) is 11.3. The van der Waals surface area contributed by atoms with E-state index in [1.54, 1.807) is 0 Å². The van der Waals surface area contributed by atoms with Crippen molar-refractivity contribution >= 4 is 0 Å². The maximum absolute atomic E-state index is 3.35. The molecule has 0 radical (unpaired) electrons. The van der Waals surface area contributed by atoms with Gasteiger partial charge < -0.3 is 9.97 Å². The van der Waals surface area contributed by atoms with Gasteiger partial charge in [0.2, 0.25) is 0 Å². The Hall–Kier alpha value is -2.22. The van der Waals surface area contributed by atoms with Crippen LogP contribution in [0.1, 0.15) is 34.0 Å². The zero-order valence-corrected chi connectivity index (χ0v) is 11.3. The average Bonchev–Trinajstić information content (AvgIpc) is 3.08. The quantitative estimate of drug-likeness (QED) is 0.700. The SMILES string of the molecule is Cc1cccc(C(c2ccc[nH]2)c2ccc[nH]2)c1C. The lowest BCUT2D eigenvalue weighted by molar-refractivity contribution is 0.886. The molecule has 96 valence electrons. The summed E-state index contributed by atoms with van der Waals surface area (Å²) >= 11 is 0. The Kier molecular flexibility index (Phi) is 3.00. The van der Waals surface area contributed by atoms with Gasteiger partial charge in [0.25, 0.3) is 0 Å². The second-order valence-electron chi connectivity index (χ2n) is 4.97. The fourth-order valence-electron chi connectivity index (χ4n) is 2.64. The van der Waals surface area contributed by atoms with Crippen LogP contribution < -0.4 is 0 Å². The third-order valence-electron chi connectivity index (χ3n) is 3.82. The Morgan fingerprint density at radius 1 is 0.789 bits per heavy atom. The first-order chi connectivity index (χ1) is 9.27. The molecular formula is C17H18N2. The molecule has 2 N–H and O–H groups in total. The molecule has 3 rings (SSSR count). The molecule has 2 heteroatoms. The van der Waals surface area contributed by atoms with E-state index < -0.39 is 0 Å². The summed E-state index contributed by atoms with van der Waals surface area (Å²) in [4.78, 5) is 6.70. The van der Waals surface area contributed by atoms with Gasteiger partial charge in [-0.3, -0.25) is 0 Å². The van der Waals surface area contributed by atoms with Crippen LogP contribution in [-0.4, -0.2) is 9.97 Å². The first kappa shape index (κ1) is 11.8. The Bertz CT molecular complexity index is 614. The van der Waals surface area contributed by atoms with Crippen LogP contribution >= 0.6 is 0 Å². The summed E-state index contributed by atoms with van der Waals surface area (Å²) in [6, 6.07) is 14.9. The monoisotopic (exact) mass is 250 g/mol. The maximum atomic E-state index is 3.35. The fraction of sp³-hybridized carbons (Fsp3) is 0.176. The van der Waals surface area contributed by atoms with E-state index in [0.29, 0.717) is 0 Å². The highest BCUT2D eigenvalue weighted by Gasteiger charge is 2.20. The lowest BCUT2D eigenvalue weighted by atomic mass is 9.88. The van der Waals surface area contributed by atoms with E-state index in [4.69, 9.17) is 0 Å². The van der Waals surface area contributed by atoms with Crippen molar-refractivity contribution in [3.05, 3.63) is 82.9 Å². The number of hydrogen-bond acceptors (Lipinski definition) is 0. The molecule has 0 spiro atoms. The van der Waals surface area contributed by atoms with Crippen molar-refractivity contribution in [2.75, 3.05) is 0 Å². The van der Waals surface area contributed by atoms with Crippen LogP contribution in [0.2, 0.25) is 0 Å². The van der Waals surface area contributed by atoms with E-state index in [1.807, 2.05) is 12.4 Å². The molecule has 0 aliphatic heterocycles. The molecule has 0 saturated carbocycles. The maximum Gasteiger partial charge on any atom is 0.0644 e. The molecule has 2 nitrogen and oxygen atoms in total. The molecule has 2 aromatic heterocycles. The predicted molar refractivity (Wildman–Crippen MR) is 78.4 cm³/mol. The molecule has 0 atom stereocenters. The van der Waals surface area contributed by atoms with Crippen LogP contribution in [0.15, 0.2) is 54.9 Å². The molecule has 0 fully saturated rings. The number of aromatic amines is 2. The smallest absolute Gasteiger partial charge is 0.0644 e. The van der Waals surface area contributed by atoms with E-state index in [-0.39, 0.29) is 5.92 Å². The van der Waals surface area contributed by atoms with Crippen molar-refractivity contribution < 1.29 is 0 Å². The molecule has 0 amide bonds. The Balaban J connectivity index is 2.18. The van der Waals surface area contributed by atoms with Crippen molar-refractivity contribution in [1.29, 1.82) is 0 Å². The summed E-state index contributed by atoms with van der Waals surface area (Å²) in [5, 5.41) is 0. The standard InChI is InChI=1S/C17H18N2/c1-12-6-3-7-14(13(12)2)17(15-8-4-10-18-15)16-9-5-11-19-16/h3-11,17-19H,1-2H3. The van der Waals surface area contributed by atoms with Crippen molar-refractivity contribution in [3.8, 4) is 0 Å². The summed E-state index contributed by atoms with van der Waals surface area (Å²) in [6.45, 7) is 4.36. The van der Waals surface area contributed by atoms with Gasteiger partial charge >= 0.3 is 0 Å². The van der Waals surface area contributed by atoms with Gasteiger partial charge in [0.15, 0.2) is 0 Å². The van der Waals surface area contributed by atoms with E-state index in [2.05, 4.69) is 66.3 Å². The summed E-state index contributed by atoms with van der Waals surface area (Å²) < 4.78 is 0. The summed E-state index contributed by atoms with van der Waals surface area (Å²) in [5.41, 5.74) is 6.48. The largest absolute Gasteiger partial charge is 0.364 e. The normalized spacial score (nSPS) is 11.1. The molecule has 0 unspecified atom stereocenters. The molecule has 1 aromatic carbocycles. The predicted octanol–water partition coefficient (Wildman–Crippen LogP) is 4.14. The lowest BCUT2D eigenvalue weighted by Gasteiger charge is -2.19. The molecule has 0 saturated heterocycles. The molecule has 19 heavy (non-hydrogen) atoms. The topological polar surface area (TPSA) is 31.6 Å². The summed E-state index contributed by atoms with van der Waals surface area (Å²) in [6.07, 6.45) is 3.97. The van der Waals surface area contributed by atoms with Crippen LogP contribution in [0.25, 0.3) is 0 Å². The van der Waals surface area contributed by atoms with Gasteiger partial charge in [0, 0.05) is 23.8 Å². The number of nitrogens with one attached hydrogen (secondary N) is 2. The van der Waals surface area contributed by atoms with Crippen LogP contribution in [0.4, 0.5) is 0 Å². The van der Waals surface area contributed by atoms with Gasteiger partial charge in [0.1, 0.15) is 0 Å². The third-order valence-corrected chi connectivity index (χ3v) is 3.82. The summed E-state index contributed by atoms with van der Waals surface area (Å²) in [7, 11) is 0. The van der Waals surface area contributed by atoms with E-state index in [9.17, 15) is 0 Å². The number of aromatic nitrogens is 2. The highest BCUT2D eigenvalue weighted by molar-refractivity contribution is 5.44. The zero-order chi connectivity index (χ0) is 13.2. The number of hydrogen-bond donors (Lipinski definition) is 2. The van der Waals surface area contributed by atoms with E-state index in [1.165, 1.54) is 28.1 Å². The number of rotatable bonds is 3. The molecule has 2 heterocycles. The van der Waals surface area contributed by atoms with Crippen molar-refractivity contribution in [3.63, 3.8) is 0 Å². The average molecular weight is 250 g/mol. The highest BCUT2D eigenvalue weighted by Crippen LogP contribution is 2.32. The van der Waals surface area contributed by atoms with Crippen LogP contribution in [0, 0.1) is 13.8 Å². The number of benzene rings is 1. The number of aryl methyl sites for hydroxylation is 1. The van der Waals surface area contributed by atoms with Crippen LogP contribution in [0.3, 0.4) is 0 Å². The van der Waals surface area contributed by atoms with Crippen molar-refractivity contribution in [1.82, 2.24) is 9.97 Å². The van der Waals surface area contributed by atoms with Gasteiger partial charge in [0.05, 0.1) is 5.92 Å². The molecule has 0 aliphatic rings. The van der Waals surface area contributed by atoms with Crippen LogP contribution in [0.5, 0.6) is 0 Å². The van der Waals surface area contributed by atoms with Gasteiger partial charge in [-0.05, 0) is 54.8 Å². The third kappa shape index (κ3) is 2.10. The van der Waals surface area contributed by atoms with Crippen molar-refractivity contribution in [2.24, 2.45) is 0 Å². The highest BCUT2D eigenvalue weighted by atomic mass is 14.7. The molecule has 3 aromatic rings. The molecule has 0 aliphatic carbocycles. The Morgan fingerprint density at radius 2 is 1.42 bits per heavy atom. The number of H-pyrrole nitrogens is 2. The van der Waals surface area contributed by atoms with Gasteiger partial charge in [-0.2, -0.15) is 0 Å². The van der Waals surface area contributed by atoms with Crippen LogP contribution in [-0.2, 0) is 0 Å². The first-order valence-corrected chi connectivity index (χ1v) is 6.60. The second kappa shape index (κ2) is 4.81. The van der Waals surface area contributed by atoms with Gasteiger partial charge in [-0.1, -0.05) is 18.2 Å². The Morgan fingerprint density at radius 3 is 1.95 bits per heavy atom. The fourth-order valence-corrected chi connectivity index (χ4v) is 2.64. The van der Waals surface area contributed by atoms with E-state index in [0.717, 1.165) is 0 Å². The minimum Gasteiger partial charge on any atom is -0.364 e. The van der Waals surface area contributed by atoms with Crippen molar-refractivity contribution in [2.45, 2.75) is 19.8 Å². The van der Waals surface area contributed by atoms with Gasteiger partial charge in [-0.15, -0.1) is 0 Å². The van der Waals surface area contributed by atoms with E-state index >= 15 is 0 Å².